The second kappa shape index (κ2) is 6.04. The van der Waals surface area contributed by atoms with E-state index in [9.17, 15) is 9.18 Å². The summed E-state index contributed by atoms with van der Waals surface area (Å²) in [6.45, 7) is 2.51. The summed E-state index contributed by atoms with van der Waals surface area (Å²) in [6.07, 6.45) is 1.92. The molecule has 22 heavy (non-hydrogen) atoms. The average molecular weight is 323 g/mol. The van der Waals surface area contributed by atoms with E-state index in [4.69, 9.17) is 11.6 Å². The Kier molecular flexibility index (Phi) is 4.11. The van der Waals surface area contributed by atoms with Gasteiger partial charge in [0.1, 0.15) is 11.6 Å². The number of carbonyl (C=O) groups is 1. The Bertz CT molecular complexity index is 703. The number of aryl methyl sites for hydroxylation is 1. The van der Waals surface area contributed by atoms with Crippen LogP contribution in [0.25, 0.3) is 0 Å². The Morgan fingerprint density at radius 3 is 3.05 bits per heavy atom. The van der Waals surface area contributed by atoms with Crippen molar-refractivity contribution in [3.8, 4) is 0 Å². The number of aromatic nitrogens is 3. The molecule has 7 heteroatoms. The molecule has 0 spiro atoms. The summed E-state index contributed by atoms with van der Waals surface area (Å²) in [5, 5.41) is 7.24. The van der Waals surface area contributed by atoms with Crippen molar-refractivity contribution in [2.24, 2.45) is 0 Å². The number of rotatable bonds is 3. The smallest absolute Gasteiger partial charge is 0.227 e. The topological polar surface area (TPSA) is 61.9 Å². The van der Waals surface area contributed by atoms with E-state index in [0.717, 1.165) is 18.7 Å². The zero-order valence-corrected chi connectivity index (χ0v) is 12.9. The monoisotopic (exact) mass is 322 g/mol. The lowest BCUT2D eigenvalue weighted by Crippen LogP contribution is -2.32. The third-order valence-corrected chi connectivity index (χ3v) is 4.19. The minimum absolute atomic E-state index is 0.0431. The lowest BCUT2D eigenvalue weighted by Gasteiger charge is -2.22. The summed E-state index contributed by atoms with van der Waals surface area (Å²) < 4.78 is 13.1. The van der Waals surface area contributed by atoms with Crippen LogP contribution in [0.3, 0.4) is 0 Å². The SMILES string of the molecule is Cc1nc(C2CCCN2C(=O)Cc2ccc(F)cc2Cl)n[nH]1. The molecule has 0 radical (unpaired) electrons. The molecule has 2 aromatic rings. The highest BCUT2D eigenvalue weighted by Gasteiger charge is 2.32. The fourth-order valence-corrected chi connectivity index (χ4v) is 3.01. The Morgan fingerprint density at radius 2 is 2.36 bits per heavy atom. The zero-order chi connectivity index (χ0) is 15.7. The molecular weight excluding hydrogens is 307 g/mol. The van der Waals surface area contributed by atoms with Crippen LogP contribution in [-0.2, 0) is 11.2 Å². The molecule has 0 bridgehead atoms. The maximum atomic E-state index is 13.1. The van der Waals surface area contributed by atoms with E-state index < -0.39 is 5.82 Å². The lowest BCUT2D eigenvalue weighted by molar-refractivity contribution is -0.131. The molecule has 1 amide bonds. The van der Waals surface area contributed by atoms with Crippen LogP contribution in [0.5, 0.6) is 0 Å². The molecule has 0 aliphatic carbocycles. The van der Waals surface area contributed by atoms with E-state index in [2.05, 4.69) is 15.2 Å². The predicted octanol–water partition coefficient (Wildman–Crippen LogP) is 2.81. The van der Waals surface area contributed by atoms with Gasteiger partial charge in [0, 0.05) is 11.6 Å². The molecule has 1 aliphatic rings. The van der Waals surface area contributed by atoms with Crippen LogP contribution < -0.4 is 0 Å². The Balaban J connectivity index is 1.76. The molecular formula is C15H16ClFN4O. The average Bonchev–Trinajstić information content (AvgIpc) is 3.10. The predicted molar refractivity (Wildman–Crippen MR) is 79.9 cm³/mol. The zero-order valence-electron chi connectivity index (χ0n) is 12.1. The Labute approximate surface area is 132 Å². The number of H-pyrrole nitrogens is 1. The van der Waals surface area contributed by atoms with Gasteiger partial charge in [0.25, 0.3) is 0 Å². The number of hydrogen-bond acceptors (Lipinski definition) is 3. The largest absolute Gasteiger partial charge is 0.332 e. The number of halogens is 2. The van der Waals surface area contributed by atoms with Crippen LogP contribution >= 0.6 is 11.6 Å². The van der Waals surface area contributed by atoms with Gasteiger partial charge in [-0.25, -0.2) is 9.37 Å². The molecule has 1 aliphatic heterocycles. The molecule has 1 N–H and O–H groups in total. The van der Waals surface area contributed by atoms with Gasteiger partial charge in [-0.15, -0.1) is 0 Å². The summed E-state index contributed by atoms with van der Waals surface area (Å²) in [7, 11) is 0. The van der Waals surface area contributed by atoms with Gasteiger partial charge in [0.05, 0.1) is 12.5 Å². The number of likely N-dealkylation sites (tertiary alicyclic amines) is 1. The summed E-state index contributed by atoms with van der Waals surface area (Å²) in [5.74, 6) is 0.930. The molecule has 5 nitrogen and oxygen atoms in total. The molecule has 1 aromatic heterocycles. The summed E-state index contributed by atoms with van der Waals surface area (Å²) in [4.78, 5) is 18.7. The van der Waals surface area contributed by atoms with E-state index in [1.165, 1.54) is 12.1 Å². The molecule has 116 valence electrons. The van der Waals surface area contributed by atoms with Gasteiger partial charge >= 0.3 is 0 Å². The number of nitrogens with one attached hydrogen (secondary N) is 1. The maximum absolute atomic E-state index is 13.1. The lowest BCUT2D eigenvalue weighted by atomic mass is 10.1. The molecule has 2 heterocycles. The summed E-state index contributed by atoms with van der Waals surface area (Å²) in [5.41, 5.74) is 0.630. The standard InChI is InChI=1S/C15H16ClFN4O/c1-9-18-15(20-19-9)13-3-2-6-21(13)14(22)7-10-4-5-11(17)8-12(10)16/h4-5,8,13H,2-3,6-7H2,1H3,(H,18,19,20). The van der Waals surface area contributed by atoms with Gasteiger partial charge in [-0.1, -0.05) is 17.7 Å². The fourth-order valence-electron chi connectivity index (χ4n) is 2.77. The van der Waals surface area contributed by atoms with Crippen molar-refractivity contribution in [3.05, 3.63) is 46.3 Å². The minimum atomic E-state index is -0.406. The van der Waals surface area contributed by atoms with E-state index in [1.807, 2.05) is 6.92 Å². The van der Waals surface area contributed by atoms with Crippen LogP contribution in [0.1, 0.15) is 36.1 Å². The van der Waals surface area contributed by atoms with Crippen LogP contribution in [0.4, 0.5) is 4.39 Å². The normalized spacial score (nSPS) is 18.0. The van der Waals surface area contributed by atoms with Gasteiger partial charge in [0.15, 0.2) is 5.82 Å². The Morgan fingerprint density at radius 1 is 1.55 bits per heavy atom. The van der Waals surface area contributed by atoms with Crippen LogP contribution in [0.15, 0.2) is 18.2 Å². The van der Waals surface area contributed by atoms with Crippen molar-refractivity contribution >= 4 is 17.5 Å². The van der Waals surface area contributed by atoms with Crippen molar-refractivity contribution in [2.75, 3.05) is 6.54 Å². The molecule has 1 unspecified atom stereocenters. The Hall–Kier alpha value is -1.95. The minimum Gasteiger partial charge on any atom is -0.332 e. The van der Waals surface area contributed by atoms with Crippen molar-refractivity contribution in [1.29, 1.82) is 0 Å². The highest BCUT2D eigenvalue weighted by molar-refractivity contribution is 6.31. The highest BCUT2D eigenvalue weighted by atomic mass is 35.5. The van der Waals surface area contributed by atoms with E-state index in [-0.39, 0.29) is 23.4 Å². The van der Waals surface area contributed by atoms with Gasteiger partial charge in [-0.3, -0.25) is 9.89 Å². The highest BCUT2D eigenvalue weighted by Crippen LogP contribution is 2.31. The van der Waals surface area contributed by atoms with Gasteiger partial charge < -0.3 is 4.90 Å². The third-order valence-electron chi connectivity index (χ3n) is 3.84. The first-order valence-electron chi connectivity index (χ1n) is 7.17. The summed E-state index contributed by atoms with van der Waals surface area (Å²) >= 11 is 6.00. The molecule has 1 atom stereocenters. The van der Waals surface area contributed by atoms with Crippen molar-refractivity contribution in [3.63, 3.8) is 0 Å². The number of carbonyl (C=O) groups excluding carboxylic acids is 1. The second-order valence-electron chi connectivity index (χ2n) is 5.44. The number of benzene rings is 1. The number of nitrogens with zero attached hydrogens (tertiary/aromatic N) is 3. The quantitative estimate of drug-likeness (QED) is 0.945. The van der Waals surface area contributed by atoms with Crippen LogP contribution in [0.2, 0.25) is 5.02 Å². The first kappa shape index (κ1) is 15.0. The first-order chi connectivity index (χ1) is 10.5. The summed E-state index contributed by atoms with van der Waals surface area (Å²) in [6, 6.07) is 3.99. The van der Waals surface area contributed by atoms with E-state index in [0.29, 0.717) is 17.9 Å². The van der Waals surface area contributed by atoms with Gasteiger partial charge in [-0.05, 0) is 37.5 Å². The molecule has 1 aromatic carbocycles. The van der Waals surface area contributed by atoms with E-state index in [1.54, 1.807) is 11.0 Å². The van der Waals surface area contributed by atoms with Gasteiger partial charge in [-0.2, -0.15) is 5.10 Å². The maximum Gasteiger partial charge on any atom is 0.227 e. The van der Waals surface area contributed by atoms with E-state index >= 15 is 0 Å². The molecule has 1 saturated heterocycles. The third kappa shape index (κ3) is 2.97. The van der Waals surface area contributed by atoms with Crippen molar-refractivity contribution in [2.45, 2.75) is 32.2 Å². The second-order valence-corrected chi connectivity index (χ2v) is 5.84. The number of aromatic amines is 1. The molecule has 1 fully saturated rings. The number of hydrogen-bond donors (Lipinski definition) is 1. The first-order valence-corrected chi connectivity index (χ1v) is 7.54. The van der Waals surface area contributed by atoms with Gasteiger partial charge in [0.2, 0.25) is 5.91 Å². The van der Waals surface area contributed by atoms with Crippen molar-refractivity contribution in [1.82, 2.24) is 20.1 Å². The molecule has 3 rings (SSSR count). The van der Waals surface area contributed by atoms with Crippen LogP contribution in [0, 0.1) is 12.7 Å². The molecule has 0 saturated carbocycles. The van der Waals surface area contributed by atoms with Crippen LogP contribution in [-0.4, -0.2) is 32.5 Å². The van der Waals surface area contributed by atoms with Crippen molar-refractivity contribution < 1.29 is 9.18 Å². The fraction of sp³-hybridized carbons (Fsp3) is 0.400. The number of amides is 1.